The Morgan fingerprint density at radius 1 is 1.20 bits per heavy atom. The van der Waals surface area contributed by atoms with E-state index in [0.717, 1.165) is 21.6 Å². The van der Waals surface area contributed by atoms with Crippen LogP contribution in [0.3, 0.4) is 0 Å². The number of hydrogen-bond acceptors (Lipinski definition) is 6. The van der Waals surface area contributed by atoms with Gasteiger partial charge in [0, 0.05) is 24.6 Å². The van der Waals surface area contributed by atoms with Crippen molar-refractivity contribution in [2.24, 2.45) is 0 Å². The van der Waals surface area contributed by atoms with E-state index in [1.807, 2.05) is 31.2 Å². The normalized spacial score (nSPS) is 17.0. The zero-order valence-corrected chi connectivity index (χ0v) is 18.5. The summed E-state index contributed by atoms with van der Waals surface area (Å²) in [7, 11) is 0. The molecule has 1 aliphatic carbocycles. The van der Waals surface area contributed by atoms with E-state index in [-0.39, 0.29) is 18.5 Å². The molecule has 1 aromatic heterocycles. The Hall–Kier alpha value is -2.22. The van der Waals surface area contributed by atoms with Crippen LogP contribution in [0.15, 0.2) is 24.3 Å². The molecule has 0 radical (unpaired) electrons. The number of ether oxygens (including phenoxy) is 3. The van der Waals surface area contributed by atoms with Gasteiger partial charge in [0.25, 0.3) is 0 Å². The molecule has 0 N–H and O–H groups in total. The predicted octanol–water partition coefficient (Wildman–Crippen LogP) is 4.02. The molecular weight excluding hydrogens is 402 g/mol. The molecule has 0 saturated carbocycles. The molecule has 7 heteroatoms. The number of rotatable bonds is 5. The maximum Gasteiger partial charge on any atom is 0.341 e. The van der Waals surface area contributed by atoms with Gasteiger partial charge in [0.2, 0.25) is 5.91 Å². The van der Waals surface area contributed by atoms with Gasteiger partial charge in [-0.15, -0.1) is 11.3 Å². The molecule has 1 spiro atoms. The zero-order chi connectivity index (χ0) is 21.3. The van der Waals surface area contributed by atoms with Crippen LogP contribution >= 0.6 is 11.3 Å². The van der Waals surface area contributed by atoms with Crippen LogP contribution in [0.2, 0.25) is 0 Å². The van der Waals surface area contributed by atoms with Crippen molar-refractivity contribution < 1.29 is 23.8 Å². The van der Waals surface area contributed by atoms with Gasteiger partial charge >= 0.3 is 5.97 Å². The summed E-state index contributed by atoms with van der Waals surface area (Å²) >= 11 is 1.48. The number of anilines is 1. The molecule has 2 heterocycles. The van der Waals surface area contributed by atoms with Gasteiger partial charge in [-0.2, -0.15) is 0 Å². The molecule has 30 heavy (non-hydrogen) atoms. The lowest BCUT2D eigenvalue weighted by Gasteiger charge is -2.31. The smallest absolute Gasteiger partial charge is 0.341 e. The van der Waals surface area contributed by atoms with Crippen molar-refractivity contribution in [3.05, 3.63) is 51.4 Å². The number of thiophene rings is 1. The first kappa shape index (κ1) is 21.0. The van der Waals surface area contributed by atoms with E-state index >= 15 is 0 Å². The molecule has 1 aromatic carbocycles. The quantitative estimate of drug-likeness (QED) is 0.672. The van der Waals surface area contributed by atoms with Crippen molar-refractivity contribution in [3.8, 4) is 0 Å². The average Bonchev–Trinajstić information content (AvgIpc) is 3.31. The summed E-state index contributed by atoms with van der Waals surface area (Å²) in [6.07, 6.45) is 1.95. The molecule has 0 bridgehead atoms. The maximum absolute atomic E-state index is 12.9. The van der Waals surface area contributed by atoms with Crippen LogP contribution < -0.4 is 4.90 Å². The highest BCUT2D eigenvalue weighted by atomic mass is 32.1. The van der Waals surface area contributed by atoms with Crippen LogP contribution in [0.1, 0.15) is 52.2 Å². The Bertz CT molecular complexity index is 943. The molecule has 1 saturated heterocycles. The molecule has 0 atom stereocenters. The Labute approximate surface area is 180 Å². The van der Waals surface area contributed by atoms with Gasteiger partial charge in [-0.1, -0.05) is 29.8 Å². The first-order chi connectivity index (χ1) is 14.4. The fourth-order valence-electron chi connectivity index (χ4n) is 4.10. The highest BCUT2D eigenvalue weighted by Crippen LogP contribution is 2.45. The summed E-state index contributed by atoms with van der Waals surface area (Å²) in [4.78, 5) is 28.3. The largest absolute Gasteiger partial charge is 0.462 e. The van der Waals surface area contributed by atoms with Gasteiger partial charge in [0.15, 0.2) is 5.79 Å². The second-order valence-electron chi connectivity index (χ2n) is 7.78. The zero-order valence-electron chi connectivity index (χ0n) is 17.7. The van der Waals surface area contributed by atoms with Crippen LogP contribution in [0.5, 0.6) is 0 Å². The van der Waals surface area contributed by atoms with Gasteiger partial charge in [-0.05, 0) is 31.4 Å². The fraction of sp³-hybridized carbons (Fsp3) is 0.478. The molecule has 1 aliphatic heterocycles. The number of carbonyl (C=O) groups excluding carboxylic acids is 2. The van der Waals surface area contributed by atoms with Crippen molar-refractivity contribution in [1.29, 1.82) is 0 Å². The maximum atomic E-state index is 12.9. The van der Waals surface area contributed by atoms with E-state index in [1.54, 1.807) is 11.8 Å². The Balaban J connectivity index is 1.74. The minimum Gasteiger partial charge on any atom is -0.462 e. The third-order valence-electron chi connectivity index (χ3n) is 5.64. The number of aryl methyl sites for hydroxylation is 1. The Kier molecular flexibility index (Phi) is 5.95. The molecule has 2 aromatic rings. The van der Waals surface area contributed by atoms with Crippen LogP contribution in [-0.4, -0.2) is 37.5 Å². The SMILES string of the molecule is CCOC(=O)c1c(N(Cc2ccc(C)cc2)C(C)=O)sc2c1CCC1(C2)OCCO1. The third kappa shape index (κ3) is 4.02. The highest BCUT2D eigenvalue weighted by Gasteiger charge is 2.43. The number of fused-ring (bicyclic) bond motifs is 1. The minimum atomic E-state index is -0.598. The van der Waals surface area contributed by atoms with Gasteiger partial charge in [0.05, 0.1) is 31.9 Å². The van der Waals surface area contributed by atoms with E-state index < -0.39 is 5.79 Å². The number of hydrogen-bond donors (Lipinski definition) is 0. The second kappa shape index (κ2) is 8.49. The van der Waals surface area contributed by atoms with Crippen LogP contribution in [0.4, 0.5) is 5.00 Å². The van der Waals surface area contributed by atoms with E-state index in [9.17, 15) is 9.59 Å². The van der Waals surface area contributed by atoms with Gasteiger partial charge in [-0.3, -0.25) is 9.69 Å². The standard InChI is InChI=1S/C23H27NO5S/c1-4-27-22(26)20-18-9-10-23(28-11-12-29-23)13-19(18)30-21(20)24(16(3)25)14-17-7-5-15(2)6-8-17/h5-8H,4,9-14H2,1-3H3. The Morgan fingerprint density at radius 3 is 2.53 bits per heavy atom. The van der Waals surface area contributed by atoms with Crippen molar-refractivity contribution in [2.75, 3.05) is 24.7 Å². The number of nitrogens with zero attached hydrogens (tertiary/aromatic N) is 1. The van der Waals surface area contributed by atoms with Gasteiger partial charge < -0.3 is 14.2 Å². The molecule has 160 valence electrons. The topological polar surface area (TPSA) is 65.1 Å². The minimum absolute atomic E-state index is 0.109. The van der Waals surface area contributed by atoms with Crippen molar-refractivity contribution in [2.45, 2.75) is 52.4 Å². The summed E-state index contributed by atoms with van der Waals surface area (Å²) in [6, 6.07) is 8.08. The summed E-state index contributed by atoms with van der Waals surface area (Å²) < 4.78 is 17.2. The number of benzene rings is 1. The van der Waals surface area contributed by atoms with Crippen molar-refractivity contribution in [1.82, 2.24) is 0 Å². The summed E-state index contributed by atoms with van der Waals surface area (Å²) in [6.45, 7) is 7.22. The molecule has 4 rings (SSSR count). The van der Waals surface area contributed by atoms with Crippen molar-refractivity contribution in [3.63, 3.8) is 0 Å². The molecule has 0 unspecified atom stereocenters. The van der Waals surface area contributed by atoms with Gasteiger partial charge in [0.1, 0.15) is 5.00 Å². The number of amides is 1. The van der Waals surface area contributed by atoms with E-state index in [0.29, 0.717) is 49.6 Å². The lowest BCUT2D eigenvalue weighted by atomic mass is 9.90. The lowest BCUT2D eigenvalue weighted by molar-refractivity contribution is -0.163. The Morgan fingerprint density at radius 2 is 1.90 bits per heavy atom. The highest BCUT2D eigenvalue weighted by molar-refractivity contribution is 7.17. The van der Waals surface area contributed by atoms with E-state index in [4.69, 9.17) is 14.2 Å². The first-order valence-corrected chi connectivity index (χ1v) is 11.2. The third-order valence-corrected chi connectivity index (χ3v) is 6.89. The summed E-state index contributed by atoms with van der Waals surface area (Å²) in [5, 5.41) is 0.654. The molecular formula is C23H27NO5S. The molecule has 1 amide bonds. The fourth-order valence-corrected chi connectivity index (χ4v) is 5.57. The molecule has 2 aliphatic rings. The molecule has 6 nitrogen and oxygen atoms in total. The van der Waals surface area contributed by atoms with Crippen LogP contribution in [-0.2, 0) is 38.4 Å². The number of esters is 1. The first-order valence-electron chi connectivity index (χ1n) is 10.4. The van der Waals surface area contributed by atoms with Gasteiger partial charge in [-0.25, -0.2) is 4.79 Å². The second-order valence-corrected chi connectivity index (χ2v) is 8.86. The average molecular weight is 430 g/mol. The number of carbonyl (C=O) groups is 2. The summed E-state index contributed by atoms with van der Waals surface area (Å²) in [5.41, 5.74) is 3.66. The predicted molar refractivity (Wildman–Crippen MR) is 115 cm³/mol. The van der Waals surface area contributed by atoms with Crippen LogP contribution in [0.25, 0.3) is 0 Å². The van der Waals surface area contributed by atoms with Crippen LogP contribution in [0, 0.1) is 6.92 Å². The lowest BCUT2D eigenvalue weighted by Crippen LogP contribution is -2.36. The summed E-state index contributed by atoms with van der Waals surface area (Å²) in [5.74, 6) is -1.08. The van der Waals surface area contributed by atoms with E-state index in [1.165, 1.54) is 18.3 Å². The monoisotopic (exact) mass is 429 g/mol. The van der Waals surface area contributed by atoms with Crippen molar-refractivity contribution >= 4 is 28.2 Å². The van der Waals surface area contributed by atoms with E-state index in [2.05, 4.69) is 0 Å². The molecule has 1 fully saturated rings.